The van der Waals surface area contributed by atoms with Crippen LogP contribution in [0.1, 0.15) is 26.2 Å². The zero-order chi connectivity index (χ0) is 7.82. The quantitative estimate of drug-likeness (QED) is 0.555. The van der Waals surface area contributed by atoms with E-state index >= 15 is 0 Å². The van der Waals surface area contributed by atoms with E-state index in [2.05, 4.69) is 12.2 Å². The maximum Gasteiger partial charge on any atom is 0.0511 e. The van der Waals surface area contributed by atoms with Crippen molar-refractivity contribution in [3.63, 3.8) is 0 Å². The first-order valence-corrected chi connectivity index (χ1v) is 3.64. The molecule has 0 bridgehead atoms. The lowest BCUT2D eigenvalue weighted by Gasteiger charge is -2.20. The Hall–Kier alpha value is 0.390. The van der Waals surface area contributed by atoms with E-state index in [9.17, 15) is 0 Å². The van der Waals surface area contributed by atoms with Gasteiger partial charge in [0.1, 0.15) is 0 Å². The minimum absolute atomic E-state index is 0.976. The molecule has 1 aliphatic rings. The van der Waals surface area contributed by atoms with E-state index < -0.39 is 0 Å². The van der Waals surface area contributed by atoms with Gasteiger partial charge in [0, 0.05) is 0 Å². The summed E-state index contributed by atoms with van der Waals surface area (Å²) in [7, 11) is 1.67. The van der Waals surface area contributed by atoms with Gasteiger partial charge in [0.15, 0.2) is 0 Å². The molecule has 2 heteroatoms. The van der Waals surface area contributed by atoms with Crippen LogP contribution in [-0.4, -0.2) is 14.4 Å². The fourth-order valence-corrected chi connectivity index (χ4v) is 1.27. The molecule has 0 aromatic rings. The van der Waals surface area contributed by atoms with Gasteiger partial charge in [0.05, 0.1) is 1.28 Å². The summed E-state index contributed by atoms with van der Waals surface area (Å²) in [6, 6.07) is 0. The molecule has 1 rings (SSSR count). The second-order valence-electron chi connectivity index (χ2n) is 2.62. The molecule has 1 fully saturated rings. The van der Waals surface area contributed by atoms with Crippen LogP contribution in [0, 0.1) is 5.92 Å². The van der Waals surface area contributed by atoms with Crippen molar-refractivity contribution in [2.75, 3.05) is 13.1 Å². The lowest BCUT2D eigenvalue weighted by atomic mass is 9.97. The third-order valence-corrected chi connectivity index (χ3v) is 1.98. The van der Waals surface area contributed by atoms with Crippen LogP contribution >= 0.6 is 9.84 Å². The Balaban J connectivity index is 0.000000371. The SMILES string of the molecule is CCC1CCCNC1.[2H]P. The lowest BCUT2D eigenvalue weighted by molar-refractivity contribution is 0.369. The third-order valence-electron chi connectivity index (χ3n) is 1.98. The van der Waals surface area contributed by atoms with Gasteiger partial charge in [-0.2, -0.15) is 9.84 Å². The molecule has 1 aliphatic heterocycles. The second kappa shape index (κ2) is 5.20. The summed E-state index contributed by atoms with van der Waals surface area (Å²) in [4.78, 5) is 0. The van der Waals surface area contributed by atoms with Gasteiger partial charge in [0.2, 0.25) is 0 Å². The van der Waals surface area contributed by atoms with Crippen LogP contribution in [0.15, 0.2) is 0 Å². The maximum absolute atomic E-state index is 5.67. The molecule has 9 heavy (non-hydrogen) atoms. The van der Waals surface area contributed by atoms with Crippen molar-refractivity contribution in [2.45, 2.75) is 26.2 Å². The van der Waals surface area contributed by atoms with Gasteiger partial charge in [-0.15, -0.1) is 0 Å². The molecule has 0 aromatic heterocycles. The summed E-state index contributed by atoms with van der Waals surface area (Å²) in [5, 5.41) is 3.39. The summed E-state index contributed by atoms with van der Waals surface area (Å²) in [5.74, 6) is 0.976. The maximum atomic E-state index is 5.67. The van der Waals surface area contributed by atoms with E-state index in [1.54, 1.807) is 9.84 Å². The minimum Gasteiger partial charge on any atom is -0.316 e. The van der Waals surface area contributed by atoms with Crippen molar-refractivity contribution in [3.8, 4) is 0 Å². The molecule has 0 aliphatic carbocycles. The number of rotatable bonds is 1. The van der Waals surface area contributed by atoms with Crippen molar-refractivity contribution < 1.29 is 0 Å². The molecular weight excluding hydrogens is 129 g/mol. The highest BCUT2D eigenvalue weighted by Crippen LogP contribution is 2.12. The summed E-state index contributed by atoms with van der Waals surface area (Å²) in [6.45, 7) is 4.78. The number of hydrogen-bond acceptors (Lipinski definition) is 1. The van der Waals surface area contributed by atoms with Gasteiger partial charge in [-0.25, -0.2) is 0 Å². The highest BCUT2D eigenvalue weighted by Gasteiger charge is 2.08. The first-order chi connectivity index (χ1) is 4.93. The Morgan fingerprint density at radius 2 is 2.56 bits per heavy atom. The molecule has 2 atom stereocenters. The minimum atomic E-state index is 0.976. The predicted octanol–water partition coefficient (Wildman–Crippen LogP) is 1.45. The summed E-state index contributed by atoms with van der Waals surface area (Å²) >= 11 is 0. The molecule has 0 amide bonds. The van der Waals surface area contributed by atoms with E-state index in [0.717, 1.165) is 5.92 Å². The fraction of sp³-hybridized carbons (Fsp3) is 1.00. The smallest absolute Gasteiger partial charge is 0.0511 e. The average Bonchev–Trinajstić information content (AvgIpc) is 2.10. The van der Waals surface area contributed by atoms with E-state index in [0.29, 0.717) is 0 Å². The van der Waals surface area contributed by atoms with Crippen LogP contribution in [0.2, 0.25) is 0 Å². The molecule has 1 saturated heterocycles. The molecule has 0 aromatic carbocycles. The second-order valence-corrected chi connectivity index (χ2v) is 2.62. The molecule has 1 nitrogen and oxygen atoms in total. The van der Waals surface area contributed by atoms with Crippen LogP contribution in [-0.2, 0) is 0 Å². The zero-order valence-corrected chi connectivity index (χ0v) is 7.34. The van der Waals surface area contributed by atoms with E-state index in [1.165, 1.54) is 32.4 Å². The average molecular weight is 148 g/mol. The topological polar surface area (TPSA) is 12.0 Å². The molecule has 1 N–H and O–H groups in total. The first-order valence-electron chi connectivity index (χ1n) is 4.22. The third kappa shape index (κ3) is 3.17. The van der Waals surface area contributed by atoms with E-state index in [1.807, 2.05) is 0 Å². The molecule has 2 unspecified atom stereocenters. The Kier molecular flexibility index (Phi) is 4.33. The van der Waals surface area contributed by atoms with Crippen LogP contribution in [0.4, 0.5) is 0 Å². The normalized spacial score (nSPS) is 27.8. The van der Waals surface area contributed by atoms with Crippen molar-refractivity contribution in [3.05, 3.63) is 0 Å². The Bertz CT molecular complexity index is 64.6. The molecule has 56 valence electrons. The van der Waals surface area contributed by atoms with Gasteiger partial charge >= 0.3 is 0 Å². The first kappa shape index (κ1) is 7.50. The van der Waals surface area contributed by atoms with Gasteiger partial charge in [-0.1, -0.05) is 13.3 Å². The number of hydrogen-bond donors (Lipinski definition) is 1. The van der Waals surface area contributed by atoms with Crippen molar-refractivity contribution >= 4 is 9.84 Å². The van der Waals surface area contributed by atoms with Gasteiger partial charge in [-0.05, 0) is 31.8 Å². The molecule has 1 heterocycles. The molecule has 0 radical (unpaired) electrons. The largest absolute Gasteiger partial charge is 0.316 e. The lowest BCUT2D eigenvalue weighted by Crippen LogP contribution is -2.29. The van der Waals surface area contributed by atoms with Crippen LogP contribution in [0.5, 0.6) is 0 Å². The van der Waals surface area contributed by atoms with E-state index in [-0.39, 0.29) is 0 Å². The predicted molar refractivity (Wildman–Crippen MR) is 47.0 cm³/mol. The standard InChI is InChI=1S/C7H15N.H3P/c1-2-7-4-3-5-8-6-7;/h7-8H,2-6H2,1H3;1H3/i;1D. The molecule has 0 saturated carbocycles. The zero-order valence-electron chi connectivity index (χ0n) is 7.19. The van der Waals surface area contributed by atoms with Gasteiger partial charge in [0.25, 0.3) is 0 Å². The van der Waals surface area contributed by atoms with Gasteiger partial charge < -0.3 is 5.32 Å². The highest BCUT2D eigenvalue weighted by atomic mass is 31.0. The van der Waals surface area contributed by atoms with Crippen molar-refractivity contribution in [1.82, 2.24) is 5.32 Å². The Morgan fingerprint density at radius 1 is 1.78 bits per heavy atom. The van der Waals surface area contributed by atoms with Crippen LogP contribution < -0.4 is 5.32 Å². The summed E-state index contributed by atoms with van der Waals surface area (Å²) < 4.78 is 5.67. The molecular formula is C7H18NP. The number of piperidine rings is 1. The molecule has 0 spiro atoms. The fourth-order valence-electron chi connectivity index (χ4n) is 1.27. The van der Waals surface area contributed by atoms with Crippen molar-refractivity contribution in [1.29, 1.82) is 1.28 Å². The Labute approximate surface area is 62.5 Å². The van der Waals surface area contributed by atoms with Crippen LogP contribution in [0.25, 0.3) is 0 Å². The van der Waals surface area contributed by atoms with Gasteiger partial charge in [-0.3, -0.25) is 0 Å². The van der Waals surface area contributed by atoms with Crippen LogP contribution in [0.3, 0.4) is 0 Å². The van der Waals surface area contributed by atoms with Crippen molar-refractivity contribution in [2.24, 2.45) is 5.92 Å². The summed E-state index contributed by atoms with van der Waals surface area (Å²) in [6.07, 6.45) is 4.19. The Morgan fingerprint density at radius 3 is 2.89 bits per heavy atom. The van der Waals surface area contributed by atoms with E-state index in [4.69, 9.17) is 1.28 Å². The highest BCUT2D eigenvalue weighted by molar-refractivity contribution is 6.92. The summed E-state index contributed by atoms with van der Waals surface area (Å²) in [5.41, 5.74) is 0. The number of nitrogens with one attached hydrogen (secondary N) is 1. The monoisotopic (exact) mass is 148 g/mol.